The number of hydrogen-bond acceptors (Lipinski definition) is 4. The molecule has 1 aromatic heterocycles. The van der Waals surface area contributed by atoms with Crippen LogP contribution in [0, 0.1) is 5.82 Å². The molecule has 3 aromatic rings. The summed E-state index contributed by atoms with van der Waals surface area (Å²) in [5, 5.41) is 4.01. The Morgan fingerprint density at radius 2 is 1.84 bits per heavy atom. The molecule has 1 saturated heterocycles. The van der Waals surface area contributed by atoms with Crippen molar-refractivity contribution in [2.75, 3.05) is 11.4 Å². The van der Waals surface area contributed by atoms with Crippen LogP contribution in [0.1, 0.15) is 18.2 Å². The fourth-order valence-electron chi connectivity index (χ4n) is 2.86. The molecule has 7 heteroatoms. The Morgan fingerprint density at radius 1 is 1.12 bits per heavy atom. The third-order valence-corrected chi connectivity index (χ3v) is 4.69. The number of carbonyl (C=O) groups is 1. The molecule has 4 rings (SSSR count). The SMILES string of the molecule is O=C1C[C@@H](c2nc(-c3ccc(Br)cc3)no2)CN1c1ccc(F)cc1. The summed E-state index contributed by atoms with van der Waals surface area (Å²) in [4.78, 5) is 18.4. The summed E-state index contributed by atoms with van der Waals surface area (Å²) in [6.07, 6.45) is 0.291. The van der Waals surface area contributed by atoms with E-state index in [0.29, 0.717) is 30.4 Å². The van der Waals surface area contributed by atoms with E-state index in [-0.39, 0.29) is 17.6 Å². The Labute approximate surface area is 151 Å². The van der Waals surface area contributed by atoms with Gasteiger partial charge in [-0.1, -0.05) is 21.1 Å². The Balaban J connectivity index is 1.54. The molecular formula is C18H13BrFN3O2. The molecule has 1 atom stereocenters. The Hall–Kier alpha value is -2.54. The summed E-state index contributed by atoms with van der Waals surface area (Å²) >= 11 is 3.39. The molecule has 1 aliphatic rings. The molecule has 2 aromatic carbocycles. The van der Waals surface area contributed by atoms with Gasteiger partial charge in [0.2, 0.25) is 17.6 Å². The second kappa shape index (κ2) is 6.40. The lowest BCUT2D eigenvalue weighted by Crippen LogP contribution is -2.24. The minimum Gasteiger partial charge on any atom is -0.339 e. The fourth-order valence-corrected chi connectivity index (χ4v) is 3.13. The quantitative estimate of drug-likeness (QED) is 0.660. The van der Waals surface area contributed by atoms with Crippen molar-refractivity contribution in [3.8, 4) is 11.4 Å². The molecular weight excluding hydrogens is 389 g/mol. The maximum absolute atomic E-state index is 13.1. The van der Waals surface area contributed by atoms with Crippen molar-refractivity contribution >= 4 is 27.5 Å². The number of nitrogens with zero attached hydrogens (tertiary/aromatic N) is 3. The molecule has 1 aliphatic heterocycles. The van der Waals surface area contributed by atoms with Gasteiger partial charge < -0.3 is 9.42 Å². The third-order valence-electron chi connectivity index (χ3n) is 4.16. The molecule has 5 nitrogen and oxygen atoms in total. The van der Waals surface area contributed by atoms with E-state index in [1.165, 1.54) is 12.1 Å². The van der Waals surface area contributed by atoms with Crippen LogP contribution in [0.15, 0.2) is 57.5 Å². The van der Waals surface area contributed by atoms with E-state index < -0.39 is 0 Å². The standard InChI is InChI=1S/C18H13BrFN3O2/c19-13-3-1-11(2-4-13)17-21-18(25-22-17)12-9-16(24)23(10-12)15-7-5-14(20)6-8-15/h1-8,12H,9-10H2/t12-/m1/s1. The number of amides is 1. The van der Waals surface area contributed by atoms with Crippen LogP contribution in [0.25, 0.3) is 11.4 Å². The van der Waals surface area contributed by atoms with Crippen LogP contribution in [-0.4, -0.2) is 22.6 Å². The number of carbonyl (C=O) groups excluding carboxylic acids is 1. The molecule has 0 radical (unpaired) electrons. The van der Waals surface area contributed by atoms with E-state index >= 15 is 0 Å². The number of benzene rings is 2. The van der Waals surface area contributed by atoms with Crippen molar-refractivity contribution in [2.45, 2.75) is 12.3 Å². The Bertz CT molecular complexity index is 909. The van der Waals surface area contributed by atoms with Crippen molar-refractivity contribution < 1.29 is 13.7 Å². The zero-order valence-corrected chi connectivity index (χ0v) is 14.6. The number of rotatable bonds is 3. The van der Waals surface area contributed by atoms with E-state index in [2.05, 4.69) is 26.1 Å². The summed E-state index contributed by atoms with van der Waals surface area (Å²) in [6.45, 7) is 0.437. The summed E-state index contributed by atoms with van der Waals surface area (Å²) in [5.74, 6) is 0.392. The molecule has 126 valence electrons. The van der Waals surface area contributed by atoms with Crippen molar-refractivity contribution in [2.24, 2.45) is 0 Å². The van der Waals surface area contributed by atoms with Gasteiger partial charge in [0.15, 0.2) is 0 Å². The fraction of sp³-hybridized carbons (Fsp3) is 0.167. The monoisotopic (exact) mass is 401 g/mol. The van der Waals surface area contributed by atoms with Crippen molar-refractivity contribution in [3.05, 3.63) is 64.7 Å². The number of anilines is 1. The van der Waals surface area contributed by atoms with Gasteiger partial charge in [-0.15, -0.1) is 0 Å². The Morgan fingerprint density at radius 3 is 2.56 bits per heavy atom. The molecule has 0 saturated carbocycles. The van der Waals surface area contributed by atoms with Gasteiger partial charge in [0.05, 0.1) is 5.92 Å². The highest BCUT2D eigenvalue weighted by atomic mass is 79.9. The van der Waals surface area contributed by atoms with Gasteiger partial charge in [-0.05, 0) is 48.5 Å². The molecule has 0 aliphatic carbocycles. The first kappa shape index (κ1) is 16.0. The maximum Gasteiger partial charge on any atom is 0.232 e. The molecule has 0 unspecified atom stereocenters. The van der Waals surface area contributed by atoms with Crippen LogP contribution in [0.5, 0.6) is 0 Å². The van der Waals surface area contributed by atoms with Gasteiger partial charge in [-0.25, -0.2) is 4.39 Å². The van der Waals surface area contributed by atoms with Crippen LogP contribution in [0.2, 0.25) is 0 Å². The van der Waals surface area contributed by atoms with E-state index in [1.807, 2.05) is 24.3 Å². The van der Waals surface area contributed by atoms with Gasteiger partial charge in [0, 0.05) is 28.7 Å². The minimum absolute atomic E-state index is 0.0417. The molecule has 0 spiro atoms. The summed E-state index contributed by atoms with van der Waals surface area (Å²) in [6, 6.07) is 13.5. The molecule has 0 N–H and O–H groups in total. The van der Waals surface area contributed by atoms with E-state index in [0.717, 1.165) is 10.0 Å². The maximum atomic E-state index is 13.1. The van der Waals surface area contributed by atoms with E-state index in [9.17, 15) is 9.18 Å². The predicted molar refractivity (Wildman–Crippen MR) is 93.5 cm³/mol. The normalized spacial score (nSPS) is 17.3. The van der Waals surface area contributed by atoms with Crippen molar-refractivity contribution in [1.29, 1.82) is 0 Å². The summed E-state index contributed by atoms with van der Waals surface area (Å²) in [7, 11) is 0. The second-order valence-corrected chi connectivity index (χ2v) is 6.76. The van der Waals surface area contributed by atoms with E-state index in [4.69, 9.17) is 4.52 Å². The average Bonchev–Trinajstić information content (AvgIpc) is 3.23. The zero-order valence-electron chi connectivity index (χ0n) is 13.0. The summed E-state index contributed by atoms with van der Waals surface area (Å²) in [5.41, 5.74) is 1.51. The van der Waals surface area contributed by atoms with Gasteiger partial charge in [-0.3, -0.25) is 4.79 Å². The highest BCUT2D eigenvalue weighted by Crippen LogP contribution is 2.32. The number of aromatic nitrogens is 2. The van der Waals surface area contributed by atoms with Crippen molar-refractivity contribution in [3.63, 3.8) is 0 Å². The molecule has 0 bridgehead atoms. The first-order chi connectivity index (χ1) is 12.1. The molecule has 2 heterocycles. The zero-order chi connectivity index (χ0) is 17.4. The average molecular weight is 402 g/mol. The van der Waals surface area contributed by atoms with Crippen molar-refractivity contribution in [1.82, 2.24) is 10.1 Å². The van der Waals surface area contributed by atoms with Gasteiger partial charge in [-0.2, -0.15) is 4.98 Å². The van der Waals surface area contributed by atoms with Crippen LogP contribution in [-0.2, 0) is 4.79 Å². The van der Waals surface area contributed by atoms with Crippen LogP contribution >= 0.6 is 15.9 Å². The minimum atomic E-state index is -0.331. The third kappa shape index (κ3) is 3.19. The second-order valence-electron chi connectivity index (χ2n) is 5.84. The van der Waals surface area contributed by atoms with Crippen LogP contribution in [0.3, 0.4) is 0 Å². The van der Waals surface area contributed by atoms with Crippen LogP contribution < -0.4 is 4.90 Å². The van der Waals surface area contributed by atoms with Gasteiger partial charge in [0.25, 0.3) is 0 Å². The first-order valence-corrected chi connectivity index (χ1v) is 8.55. The topological polar surface area (TPSA) is 59.2 Å². The smallest absolute Gasteiger partial charge is 0.232 e. The molecule has 1 fully saturated rings. The highest BCUT2D eigenvalue weighted by molar-refractivity contribution is 9.10. The number of hydrogen-bond donors (Lipinski definition) is 0. The lowest BCUT2D eigenvalue weighted by Gasteiger charge is -2.15. The highest BCUT2D eigenvalue weighted by Gasteiger charge is 2.35. The predicted octanol–water partition coefficient (Wildman–Crippen LogP) is 4.16. The van der Waals surface area contributed by atoms with E-state index in [1.54, 1.807) is 17.0 Å². The van der Waals surface area contributed by atoms with Gasteiger partial charge in [0.1, 0.15) is 5.82 Å². The lowest BCUT2D eigenvalue weighted by molar-refractivity contribution is -0.117. The summed E-state index contributed by atoms with van der Waals surface area (Å²) < 4.78 is 19.4. The lowest BCUT2D eigenvalue weighted by atomic mass is 10.1. The Kier molecular flexibility index (Phi) is 4.09. The largest absolute Gasteiger partial charge is 0.339 e. The first-order valence-electron chi connectivity index (χ1n) is 7.75. The molecule has 25 heavy (non-hydrogen) atoms. The number of halogens is 2. The van der Waals surface area contributed by atoms with Gasteiger partial charge >= 0.3 is 0 Å². The van der Waals surface area contributed by atoms with Crippen LogP contribution in [0.4, 0.5) is 10.1 Å². The molecule has 1 amide bonds.